The predicted octanol–water partition coefficient (Wildman–Crippen LogP) is 5.53. The van der Waals surface area contributed by atoms with E-state index in [1.807, 2.05) is 47.0 Å². The lowest BCUT2D eigenvalue weighted by Crippen LogP contribution is -2.05. The van der Waals surface area contributed by atoms with Gasteiger partial charge in [0.1, 0.15) is 5.82 Å². The van der Waals surface area contributed by atoms with Gasteiger partial charge in [-0.15, -0.1) is 10.2 Å². The van der Waals surface area contributed by atoms with Crippen molar-refractivity contribution in [3.8, 4) is 11.4 Å². The van der Waals surface area contributed by atoms with Crippen molar-refractivity contribution in [3.05, 3.63) is 83.4 Å². The molecule has 5 nitrogen and oxygen atoms in total. The zero-order valence-electron chi connectivity index (χ0n) is 15.1. The number of halogens is 3. The number of hydrogen-bond acceptors (Lipinski definition) is 4. The molecule has 0 spiro atoms. The summed E-state index contributed by atoms with van der Waals surface area (Å²) in [6.07, 6.45) is 2.64. The molecular weight excluding hydrogens is 416 g/mol. The fraction of sp³-hybridized carbons (Fsp3) is 0.150. The summed E-state index contributed by atoms with van der Waals surface area (Å²) in [7, 11) is 0. The Labute approximate surface area is 175 Å². The van der Waals surface area contributed by atoms with Crippen LogP contribution in [0.2, 0.25) is 5.02 Å². The Balaban J connectivity index is 1.65. The van der Waals surface area contributed by atoms with Crippen molar-refractivity contribution in [1.82, 2.24) is 24.3 Å². The number of rotatable bonds is 7. The van der Waals surface area contributed by atoms with Crippen LogP contribution >= 0.6 is 23.4 Å². The largest absolute Gasteiger partial charge is 0.319 e. The van der Waals surface area contributed by atoms with E-state index in [2.05, 4.69) is 15.2 Å². The third kappa shape index (κ3) is 4.49. The first-order chi connectivity index (χ1) is 14.1. The second-order valence-corrected chi connectivity index (χ2v) is 7.58. The van der Waals surface area contributed by atoms with Crippen molar-refractivity contribution in [2.45, 2.75) is 24.0 Å². The molecule has 0 saturated carbocycles. The summed E-state index contributed by atoms with van der Waals surface area (Å²) in [6.45, 7) is -2.07. The molecule has 0 bridgehead atoms. The molecule has 0 aliphatic carbocycles. The molecule has 0 N–H and O–H groups in total. The van der Waals surface area contributed by atoms with Crippen LogP contribution in [0.25, 0.3) is 11.4 Å². The molecule has 9 heteroatoms. The highest BCUT2D eigenvalue weighted by atomic mass is 35.5. The summed E-state index contributed by atoms with van der Waals surface area (Å²) in [5.74, 6) is 1.22. The minimum atomic E-state index is -2.63. The third-order valence-electron chi connectivity index (χ3n) is 4.29. The topological polar surface area (TPSA) is 48.5 Å². The molecule has 0 radical (unpaired) electrons. The maximum atomic E-state index is 13.1. The van der Waals surface area contributed by atoms with E-state index in [-0.39, 0.29) is 11.6 Å². The number of thioether (sulfide) groups is 1. The molecule has 0 fully saturated rings. The molecule has 0 saturated heterocycles. The van der Waals surface area contributed by atoms with Crippen LogP contribution in [-0.2, 0) is 12.3 Å². The van der Waals surface area contributed by atoms with Gasteiger partial charge in [0, 0.05) is 23.0 Å². The average molecular weight is 432 g/mol. The highest BCUT2D eigenvalue weighted by Gasteiger charge is 2.17. The maximum Gasteiger partial charge on any atom is 0.319 e. The van der Waals surface area contributed by atoms with E-state index >= 15 is 0 Å². The Morgan fingerprint density at radius 1 is 1.00 bits per heavy atom. The molecule has 2 heterocycles. The number of nitrogens with zero attached hydrogens (tertiary/aromatic N) is 5. The van der Waals surface area contributed by atoms with Crippen LogP contribution in [0, 0.1) is 0 Å². The van der Waals surface area contributed by atoms with Gasteiger partial charge in [0.25, 0.3) is 0 Å². The maximum absolute atomic E-state index is 13.1. The summed E-state index contributed by atoms with van der Waals surface area (Å²) >= 11 is 7.32. The van der Waals surface area contributed by atoms with E-state index in [4.69, 9.17) is 11.6 Å². The summed E-state index contributed by atoms with van der Waals surface area (Å²) in [5.41, 5.74) is 1.96. The number of alkyl halides is 2. The first kappa shape index (κ1) is 19.6. The fourth-order valence-electron chi connectivity index (χ4n) is 2.88. The van der Waals surface area contributed by atoms with Crippen LogP contribution in [0.15, 0.2) is 72.1 Å². The lowest BCUT2D eigenvalue weighted by Gasteiger charge is -2.11. The molecule has 0 aliphatic heterocycles. The number of aromatic nitrogens is 5. The standard InChI is InChI=1S/C20H16ClF2N5S/c21-16-8-6-15(7-9-16)18-25-26-20(28(18)12-14-4-2-1-3-5-14)29-13-17-24-10-11-27(17)19(22)23/h1-11,19H,12-13H2. The summed E-state index contributed by atoms with van der Waals surface area (Å²) < 4.78 is 29.0. The molecule has 4 rings (SSSR count). The summed E-state index contributed by atoms with van der Waals surface area (Å²) in [5, 5.41) is 9.91. The SMILES string of the molecule is FC(F)n1ccnc1CSc1nnc(-c2ccc(Cl)cc2)n1Cc1ccccc1. The van der Waals surface area contributed by atoms with Gasteiger partial charge in [-0.05, 0) is 29.8 Å². The van der Waals surface area contributed by atoms with E-state index < -0.39 is 6.55 Å². The van der Waals surface area contributed by atoms with E-state index in [1.165, 1.54) is 24.2 Å². The predicted molar refractivity (Wildman–Crippen MR) is 109 cm³/mol. The molecule has 4 aromatic rings. The zero-order chi connectivity index (χ0) is 20.2. The van der Waals surface area contributed by atoms with Crippen LogP contribution in [-0.4, -0.2) is 24.3 Å². The Kier molecular flexibility index (Phi) is 5.92. The first-order valence-corrected chi connectivity index (χ1v) is 10.1. The lowest BCUT2D eigenvalue weighted by molar-refractivity contribution is 0.0678. The molecule has 0 amide bonds. The molecular formula is C20H16ClF2N5S. The minimum Gasteiger partial charge on any atom is -0.298 e. The second-order valence-electron chi connectivity index (χ2n) is 6.20. The minimum absolute atomic E-state index is 0.255. The zero-order valence-corrected chi connectivity index (χ0v) is 16.7. The smallest absolute Gasteiger partial charge is 0.298 e. The van der Waals surface area contributed by atoms with Gasteiger partial charge in [-0.25, -0.2) is 4.98 Å². The van der Waals surface area contributed by atoms with Crippen LogP contribution in [0.4, 0.5) is 8.78 Å². The number of hydrogen-bond donors (Lipinski definition) is 0. The van der Waals surface area contributed by atoms with Crippen molar-refractivity contribution in [3.63, 3.8) is 0 Å². The van der Waals surface area contributed by atoms with E-state index in [1.54, 1.807) is 12.1 Å². The second kappa shape index (κ2) is 8.75. The Hall–Kier alpha value is -2.71. The van der Waals surface area contributed by atoms with Gasteiger partial charge in [0.2, 0.25) is 0 Å². The molecule has 148 valence electrons. The molecule has 0 aliphatic rings. The van der Waals surface area contributed by atoms with Gasteiger partial charge in [-0.2, -0.15) is 8.78 Å². The lowest BCUT2D eigenvalue weighted by atomic mass is 10.2. The van der Waals surface area contributed by atoms with Crippen molar-refractivity contribution in [1.29, 1.82) is 0 Å². The van der Waals surface area contributed by atoms with E-state index in [0.717, 1.165) is 15.7 Å². The number of benzene rings is 2. The van der Waals surface area contributed by atoms with E-state index in [9.17, 15) is 8.78 Å². The van der Waals surface area contributed by atoms with Crippen molar-refractivity contribution < 1.29 is 8.78 Å². The molecule has 2 aromatic carbocycles. The van der Waals surface area contributed by atoms with Gasteiger partial charge in [0.05, 0.1) is 12.3 Å². The number of imidazole rings is 1. The monoisotopic (exact) mass is 431 g/mol. The highest BCUT2D eigenvalue weighted by molar-refractivity contribution is 7.98. The Morgan fingerprint density at radius 2 is 1.76 bits per heavy atom. The highest BCUT2D eigenvalue weighted by Crippen LogP contribution is 2.28. The van der Waals surface area contributed by atoms with Crippen molar-refractivity contribution in [2.75, 3.05) is 0 Å². The van der Waals surface area contributed by atoms with Crippen molar-refractivity contribution in [2.24, 2.45) is 0 Å². The molecule has 0 atom stereocenters. The van der Waals surface area contributed by atoms with Crippen LogP contribution in [0.5, 0.6) is 0 Å². The van der Waals surface area contributed by atoms with Gasteiger partial charge in [-0.3, -0.25) is 9.13 Å². The van der Waals surface area contributed by atoms with Gasteiger partial charge < -0.3 is 0 Å². The van der Waals surface area contributed by atoms with E-state index in [0.29, 0.717) is 22.5 Å². The fourth-order valence-corrected chi connectivity index (χ4v) is 3.89. The van der Waals surface area contributed by atoms with Crippen LogP contribution in [0.1, 0.15) is 17.9 Å². The molecule has 2 aromatic heterocycles. The Morgan fingerprint density at radius 3 is 2.48 bits per heavy atom. The van der Waals surface area contributed by atoms with Gasteiger partial charge in [-0.1, -0.05) is 53.7 Å². The van der Waals surface area contributed by atoms with Crippen molar-refractivity contribution >= 4 is 23.4 Å². The van der Waals surface area contributed by atoms with Crippen LogP contribution < -0.4 is 0 Å². The molecule has 29 heavy (non-hydrogen) atoms. The summed E-state index contributed by atoms with van der Waals surface area (Å²) in [4.78, 5) is 4.03. The first-order valence-electron chi connectivity index (χ1n) is 8.77. The normalized spacial score (nSPS) is 11.3. The third-order valence-corrected chi connectivity index (χ3v) is 5.51. The summed E-state index contributed by atoms with van der Waals surface area (Å²) in [6, 6.07) is 17.3. The van der Waals surface area contributed by atoms with Gasteiger partial charge in [0.15, 0.2) is 11.0 Å². The molecule has 0 unspecified atom stereocenters. The quantitative estimate of drug-likeness (QED) is 0.361. The van der Waals surface area contributed by atoms with Gasteiger partial charge >= 0.3 is 6.55 Å². The Bertz CT molecular complexity index is 1080. The van der Waals surface area contributed by atoms with Crippen LogP contribution in [0.3, 0.4) is 0 Å². The average Bonchev–Trinajstić information content (AvgIpc) is 3.35.